The van der Waals surface area contributed by atoms with Crippen LogP contribution < -0.4 is 21.6 Å². The molecule has 2 aromatic heterocycles. The van der Waals surface area contributed by atoms with Gasteiger partial charge in [0.1, 0.15) is 17.4 Å². The van der Waals surface area contributed by atoms with Gasteiger partial charge in [0.2, 0.25) is 0 Å². The first-order chi connectivity index (χ1) is 12.1. The number of ether oxygens (including phenoxy) is 2. The number of carbonyl (C=O) groups excluding carboxylic acids is 1. The highest BCUT2D eigenvalue weighted by atomic mass is 16.5. The molecule has 1 aliphatic rings. The molecule has 132 valence electrons. The smallest absolute Gasteiger partial charge is 0.265 e. The molecule has 3 heterocycles. The van der Waals surface area contributed by atoms with Crippen molar-refractivity contribution in [3.63, 3.8) is 0 Å². The first-order valence-electron chi connectivity index (χ1n) is 8.01. The molecule has 8 heteroatoms. The number of nitrogen functional groups attached to an aromatic ring is 1. The molecule has 1 fully saturated rings. The SMILES string of the molecule is Cn1ccc(OC2CCOCC2)c(-c2cc(C(=O)NN)ccn2)c1=O. The summed E-state index contributed by atoms with van der Waals surface area (Å²) in [6.07, 6.45) is 4.62. The molecule has 1 aliphatic heterocycles. The number of pyridine rings is 2. The second-order valence-electron chi connectivity index (χ2n) is 5.80. The Morgan fingerprint density at radius 1 is 1.40 bits per heavy atom. The van der Waals surface area contributed by atoms with Gasteiger partial charge >= 0.3 is 0 Å². The van der Waals surface area contributed by atoms with Crippen LogP contribution in [0.3, 0.4) is 0 Å². The quantitative estimate of drug-likeness (QED) is 0.478. The van der Waals surface area contributed by atoms with Crippen LogP contribution in [0.4, 0.5) is 0 Å². The maximum atomic E-state index is 12.7. The van der Waals surface area contributed by atoms with Crippen molar-refractivity contribution in [3.8, 4) is 17.0 Å². The minimum Gasteiger partial charge on any atom is -0.489 e. The Bertz CT molecular complexity index is 828. The molecule has 0 saturated carbocycles. The number of hydrogen-bond acceptors (Lipinski definition) is 6. The van der Waals surface area contributed by atoms with Gasteiger partial charge in [-0.3, -0.25) is 20.0 Å². The number of carbonyl (C=O) groups is 1. The molecule has 0 unspecified atom stereocenters. The van der Waals surface area contributed by atoms with E-state index in [1.807, 2.05) is 0 Å². The standard InChI is InChI=1S/C17H20N4O4/c1-21-7-3-14(25-12-4-8-24-9-5-12)15(17(21)23)13-10-11(2-6-19-13)16(22)20-18/h2-3,6-7,10,12H,4-5,8-9,18H2,1H3,(H,20,22). The van der Waals surface area contributed by atoms with Crippen molar-refractivity contribution in [1.82, 2.24) is 15.0 Å². The van der Waals surface area contributed by atoms with E-state index in [2.05, 4.69) is 10.4 Å². The molecule has 8 nitrogen and oxygen atoms in total. The number of nitrogens with one attached hydrogen (secondary N) is 1. The second-order valence-corrected chi connectivity index (χ2v) is 5.80. The Hall–Kier alpha value is -2.71. The van der Waals surface area contributed by atoms with Crippen molar-refractivity contribution in [2.45, 2.75) is 18.9 Å². The van der Waals surface area contributed by atoms with Crippen LogP contribution in [0.15, 0.2) is 35.4 Å². The minimum atomic E-state index is -0.455. The van der Waals surface area contributed by atoms with E-state index in [1.54, 1.807) is 19.3 Å². The molecule has 2 aromatic rings. The summed E-state index contributed by atoms with van der Waals surface area (Å²) in [5.74, 6) is 5.17. The Morgan fingerprint density at radius 3 is 2.88 bits per heavy atom. The van der Waals surface area contributed by atoms with Crippen LogP contribution in [-0.4, -0.2) is 34.8 Å². The zero-order valence-corrected chi connectivity index (χ0v) is 13.9. The predicted molar refractivity (Wildman–Crippen MR) is 91.0 cm³/mol. The fourth-order valence-electron chi connectivity index (χ4n) is 2.71. The van der Waals surface area contributed by atoms with Crippen LogP contribution in [0.1, 0.15) is 23.2 Å². The average Bonchev–Trinajstić information content (AvgIpc) is 2.65. The fourth-order valence-corrected chi connectivity index (χ4v) is 2.71. The van der Waals surface area contributed by atoms with E-state index in [1.165, 1.54) is 22.9 Å². The van der Waals surface area contributed by atoms with Crippen molar-refractivity contribution in [2.75, 3.05) is 13.2 Å². The van der Waals surface area contributed by atoms with Gasteiger partial charge in [-0.05, 0) is 18.2 Å². The van der Waals surface area contributed by atoms with Crippen molar-refractivity contribution in [3.05, 3.63) is 46.5 Å². The Morgan fingerprint density at radius 2 is 2.16 bits per heavy atom. The van der Waals surface area contributed by atoms with Gasteiger partial charge in [0.25, 0.3) is 11.5 Å². The highest BCUT2D eigenvalue weighted by molar-refractivity contribution is 5.94. The maximum Gasteiger partial charge on any atom is 0.265 e. The summed E-state index contributed by atoms with van der Waals surface area (Å²) in [5.41, 5.74) is 2.83. The molecule has 3 rings (SSSR count). The zero-order chi connectivity index (χ0) is 17.8. The van der Waals surface area contributed by atoms with Crippen LogP contribution >= 0.6 is 0 Å². The normalized spacial score (nSPS) is 15.0. The van der Waals surface area contributed by atoms with Gasteiger partial charge in [-0.1, -0.05) is 0 Å². The molecule has 0 aliphatic carbocycles. The molecule has 0 aromatic carbocycles. The van der Waals surface area contributed by atoms with Crippen LogP contribution in [0.2, 0.25) is 0 Å². The van der Waals surface area contributed by atoms with Crippen molar-refractivity contribution >= 4 is 5.91 Å². The summed E-state index contributed by atoms with van der Waals surface area (Å²) in [5, 5.41) is 0. The van der Waals surface area contributed by atoms with Crippen LogP contribution in [0.25, 0.3) is 11.3 Å². The van der Waals surface area contributed by atoms with Gasteiger partial charge < -0.3 is 14.0 Å². The van der Waals surface area contributed by atoms with E-state index in [0.29, 0.717) is 35.8 Å². The van der Waals surface area contributed by atoms with Gasteiger partial charge in [-0.25, -0.2) is 5.84 Å². The van der Waals surface area contributed by atoms with E-state index in [9.17, 15) is 9.59 Å². The summed E-state index contributed by atoms with van der Waals surface area (Å²) < 4.78 is 12.8. The highest BCUT2D eigenvalue weighted by Gasteiger charge is 2.21. The lowest BCUT2D eigenvalue weighted by Gasteiger charge is -2.24. The Labute approximate surface area is 144 Å². The maximum absolute atomic E-state index is 12.7. The molecule has 0 bridgehead atoms. The molecule has 1 saturated heterocycles. The van der Waals surface area contributed by atoms with Gasteiger partial charge in [-0.15, -0.1) is 0 Å². The lowest BCUT2D eigenvalue weighted by atomic mass is 10.1. The summed E-state index contributed by atoms with van der Waals surface area (Å²) in [7, 11) is 1.65. The van der Waals surface area contributed by atoms with E-state index < -0.39 is 5.91 Å². The lowest BCUT2D eigenvalue weighted by Crippen LogP contribution is -2.30. The molecule has 0 atom stereocenters. The van der Waals surface area contributed by atoms with Crippen LogP contribution in [0, 0.1) is 0 Å². The summed E-state index contributed by atoms with van der Waals surface area (Å²) >= 11 is 0. The first kappa shape index (κ1) is 17.1. The van der Waals surface area contributed by atoms with E-state index >= 15 is 0 Å². The number of rotatable bonds is 4. The molecule has 0 spiro atoms. The van der Waals surface area contributed by atoms with Gasteiger partial charge in [0.05, 0.1) is 18.9 Å². The van der Waals surface area contributed by atoms with Crippen molar-refractivity contribution in [2.24, 2.45) is 12.9 Å². The van der Waals surface area contributed by atoms with Crippen LogP contribution in [-0.2, 0) is 11.8 Å². The summed E-state index contributed by atoms with van der Waals surface area (Å²) in [6, 6.07) is 4.79. The number of nitrogens with zero attached hydrogens (tertiary/aromatic N) is 2. The molecule has 1 amide bonds. The number of aromatic nitrogens is 2. The van der Waals surface area contributed by atoms with Crippen LogP contribution in [0.5, 0.6) is 5.75 Å². The topological polar surface area (TPSA) is 108 Å². The largest absolute Gasteiger partial charge is 0.489 e. The zero-order valence-electron chi connectivity index (χ0n) is 13.9. The van der Waals surface area contributed by atoms with Crippen molar-refractivity contribution in [1.29, 1.82) is 0 Å². The second kappa shape index (κ2) is 7.45. The third-order valence-electron chi connectivity index (χ3n) is 4.10. The molecule has 25 heavy (non-hydrogen) atoms. The third-order valence-corrected chi connectivity index (χ3v) is 4.10. The lowest BCUT2D eigenvalue weighted by molar-refractivity contribution is 0.0257. The van der Waals surface area contributed by atoms with E-state index in [4.69, 9.17) is 15.3 Å². The number of hydrazine groups is 1. The number of aryl methyl sites for hydroxylation is 1. The van der Waals surface area contributed by atoms with Gasteiger partial charge in [-0.2, -0.15) is 0 Å². The first-order valence-corrected chi connectivity index (χ1v) is 8.01. The van der Waals surface area contributed by atoms with E-state index in [-0.39, 0.29) is 11.7 Å². The van der Waals surface area contributed by atoms with Crippen molar-refractivity contribution < 1.29 is 14.3 Å². The predicted octanol–water partition coefficient (Wildman–Crippen LogP) is 0.609. The highest BCUT2D eigenvalue weighted by Crippen LogP contribution is 2.28. The third kappa shape index (κ3) is 3.70. The Balaban J connectivity index is 2.03. The van der Waals surface area contributed by atoms with Gasteiger partial charge in [0.15, 0.2) is 0 Å². The van der Waals surface area contributed by atoms with Gasteiger partial charge in [0, 0.05) is 37.8 Å². The number of hydrogen-bond donors (Lipinski definition) is 2. The minimum absolute atomic E-state index is 0.0184. The monoisotopic (exact) mass is 344 g/mol. The molecule has 3 N–H and O–H groups in total. The molecule has 0 radical (unpaired) electrons. The summed E-state index contributed by atoms with van der Waals surface area (Å²) in [6.45, 7) is 1.27. The number of nitrogens with two attached hydrogens (primary N) is 1. The number of amides is 1. The Kier molecular flexibility index (Phi) is 5.11. The average molecular weight is 344 g/mol. The fraction of sp³-hybridized carbons (Fsp3) is 0.353. The molecular weight excluding hydrogens is 324 g/mol. The van der Waals surface area contributed by atoms with E-state index in [0.717, 1.165) is 12.8 Å². The summed E-state index contributed by atoms with van der Waals surface area (Å²) in [4.78, 5) is 28.7. The molecular formula is C17H20N4O4.